The number of ketones is 1. The molecule has 0 radical (unpaired) electrons. The third-order valence-electron chi connectivity index (χ3n) is 2.89. The Hall–Kier alpha value is -1.60. The van der Waals surface area contributed by atoms with E-state index in [1.165, 1.54) is 4.90 Å². The first-order valence-electron chi connectivity index (χ1n) is 6.72. The minimum atomic E-state index is -0.721. The third-order valence-corrected chi connectivity index (χ3v) is 4.12. The molecule has 1 aromatic rings. The van der Waals surface area contributed by atoms with Gasteiger partial charge in [0.25, 0.3) is 5.91 Å². The lowest BCUT2D eigenvalue weighted by molar-refractivity contribution is -0.118. The van der Waals surface area contributed by atoms with Crippen molar-refractivity contribution in [1.29, 1.82) is 0 Å². The molecule has 2 heterocycles. The fourth-order valence-corrected chi connectivity index (χ4v) is 2.89. The van der Waals surface area contributed by atoms with Crippen LogP contribution in [-0.4, -0.2) is 47.4 Å². The van der Waals surface area contributed by atoms with Crippen molar-refractivity contribution in [2.24, 2.45) is 0 Å². The number of nitrogens with one attached hydrogen (secondary N) is 1. The van der Waals surface area contributed by atoms with Crippen LogP contribution in [-0.2, 0) is 9.53 Å². The molecule has 1 aromatic heterocycles. The van der Waals surface area contributed by atoms with E-state index in [0.29, 0.717) is 9.21 Å². The maximum atomic E-state index is 12.0. The zero-order valence-corrected chi connectivity index (χ0v) is 14.1. The molecule has 0 saturated carbocycles. The van der Waals surface area contributed by atoms with Crippen LogP contribution in [0.1, 0.15) is 30.4 Å². The van der Waals surface area contributed by atoms with E-state index < -0.39 is 17.7 Å². The van der Waals surface area contributed by atoms with Gasteiger partial charge in [-0.15, -0.1) is 11.3 Å². The molecule has 120 valence electrons. The van der Waals surface area contributed by atoms with Crippen molar-refractivity contribution in [1.82, 2.24) is 10.2 Å². The lowest BCUT2D eigenvalue weighted by atomic mass is 10.2. The highest BCUT2D eigenvalue weighted by Gasteiger charge is 2.36. The number of halogens is 1. The van der Waals surface area contributed by atoms with Crippen molar-refractivity contribution in [2.75, 3.05) is 13.1 Å². The molecule has 0 aromatic carbocycles. The molecule has 6 nitrogen and oxygen atoms in total. The Balaban J connectivity index is 1.95. The Bertz CT molecular complexity index is 608. The molecule has 2 rings (SSSR count). The number of Topliss-reactive ketones (excluding diaryl/α,β-unsaturated/α-hetero) is 1. The summed E-state index contributed by atoms with van der Waals surface area (Å²) in [5, 5.41) is 2.62. The van der Waals surface area contributed by atoms with Gasteiger partial charge in [0, 0.05) is 0 Å². The number of hydrogen-bond donors (Lipinski definition) is 1. The monoisotopic (exact) mass is 344 g/mol. The molecule has 1 saturated heterocycles. The molecule has 1 aliphatic heterocycles. The van der Waals surface area contributed by atoms with E-state index in [1.807, 2.05) is 0 Å². The standard InChI is InChI=1S/C14H17ClN2O4S/c1-14(2,3)21-13(20)17-6-8(9(18)7-17)16-12(19)10-4-5-11(15)22-10/h4-5,8H,6-7H2,1-3H3,(H,16,19)/t8-/m0/s1. The number of amides is 2. The summed E-state index contributed by atoms with van der Waals surface area (Å²) in [6, 6.07) is 2.48. The third kappa shape index (κ3) is 4.20. The van der Waals surface area contributed by atoms with Gasteiger partial charge in [0.2, 0.25) is 0 Å². The van der Waals surface area contributed by atoms with Gasteiger partial charge >= 0.3 is 6.09 Å². The molecule has 22 heavy (non-hydrogen) atoms. The Kier molecular flexibility index (Phi) is 4.77. The molecule has 0 spiro atoms. The summed E-state index contributed by atoms with van der Waals surface area (Å²) in [4.78, 5) is 37.6. The highest BCUT2D eigenvalue weighted by atomic mass is 35.5. The van der Waals surface area contributed by atoms with E-state index in [4.69, 9.17) is 16.3 Å². The fourth-order valence-electron chi connectivity index (χ4n) is 1.94. The SMILES string of the molecule is CC(C)(C)OC(=O)N1CC(=O)[C@@H](NC(=O)c2ccc(Cl)s2)C1. The van der Waals surface area contributed by atoms with Crippen LogP contribution < -0.4 is 5.32 Å². The van der Waals surface area contributed by atoms with Crippen LogP contribution in [0.4, 0.5) is 4.79 Å². The minimum Gasteiger partial charge on any atom is -0.444 e. The van der Waals surface area contributed by atoms with Crippen molar-refractivity contribution in [3.63, 3.8) is 0 Å². The van der Waals surface area contributed by atoms with Crippen LogP contribution in [0.5, 0.6) is 0 Å². The van der Waals surface area contributed by atoms with Gasteiger partial charge in [-0.25, -0.2) is 4.79 Å². The molecule has 1 atom stereocenters. The molecule has 1 N–H and O–H groups in total. The summed E-state index contributed by atoms with van der Waals surface area (Å²) >= 11 is 6.91. The van der Waals surface area contributed by atoms with Gasteiger partial charge in [0.15, 0.2) is 5.78 Å². The van der Waals surface area contributed by atoms with Crippen LogP contribution in [0, 0.1) is 0 Å². The predicted octanol–water partition coefficient (Wildman–Crippen LogP) is 2.32. The largest absolute Gasteiger partial charge is 0.444 e. The van der Waals surface area contributed by atoms with Crippen LogP contribution in [0.15, 0.2) is 12.1 Å². The maximum Gasteiger partial charge on any atom is 0.410 e. The summed E-state index contributed by atoms with van der Waals surface area (Å²) in [7, 11) is 0. The lowest BCUT2D eigenvalue weighted by Gasteiger charge is -2.24. The van der Waals surface area contributed by atoms with E-state index in [9.17, 15) is 14.4 Å². The molecule has 1 fully saturated rings. The fraction of sp³-hybridized carbons (Fsp3) is 0.500. The van der Waals surface area contributed by atoms with Gasteiger partial charge < -0.3 is 10.1 Å². The van der Waals surface area contributed by atoms with E-state index in [0.717, 1.165) is 11.3 Å². The van der Waals surface area contributed by atoms with Crippen LogP contribution in [0.3, 0.4) is 0 Å². The number of rotatable bonds is 2. The second-order valence-electron chi connectivity index (χ2n) is 5.96. The molecule has 2 amide bonds. The highest BCUT2D eigenvalue weighted by molar-refractivity contribution is 7.18. The lowest BCUT2D eigenvalue weighted by Crippen LogP contribution is -2.41. The zero-order chi connectivity index (χ0) is 16.5. The Morgan fingerprint density at radius 1 is 1.41 bits per heavy atom. The van der Waals surface area contributed by atoms with Gasteiger partial charge in [-0.3, -0.25) is 14.5 Å². The molecule has 0 aliphatic carbocycles. The van der Waals surface area contributed by atoms with Gasteiger partial charge in [0.1, 0.15) is 11.6 Å². The van der Waals surface area contributed by atoms with Gasteiger partial charge in [-0.2, -0.15) is 0 Å². The average molecular weight is 345 g/mol. The normalized spacial score (nSPS) is 18.5. The van der Waals surface area contributed by atoms with Crippen LogP contribution in [0.25, 0.3) is 0 Å². The first-order chi connectivity index (χ1) is 10.2. The number of carbonyl (C=O) groups excluding carboxylic acids is 3. The van der Waals surface area contributed by atoms with E-state index in [2.05, 4.69) is 5.32 Å². The van der Waals surface area contributed by atoms with Crippen molar-refractivity contribution in [3.05, 3.63) is 21.3 Å². The predicted molar refractivity (Wildman–Crippen MR) is 83.4 cm³/mol. The maximum absolute atomic E-state index is 12.0. The van der Waals surface area contributed by atoms with Crippen LogP contribution in [0.2, 0.25) is 4.34 Å². The van der Waals surface area contributed by atoms with Gasteiger partial charge in [0.05, 0.1) is 22.3 Å². The molecule has 8 heteroatoms. The minimum absolute atomic E-state index is 0.0644. The van der Waals surface area contributed by atoms with Gasteiger partial charge in [-0.05, 0) is 32.9 Å². The molecule has 0 bridgehead atoms. The topological polar surface area (TPSA) is 75.7 Å². The van der Waals surface area contributed by atoms with Crippen molar-refractivity contribution < 1.29 is 19.1 Å². The molecule has 0 unspecified atom stereocenters. The van der Waals surface area contributed by atoms with E-state index in [-0.39, 0.29) is 24.8 Å². The summed E-state index contributed by atoms with van der Waals surface area (Å²) in [6.07, 6.45) is -0.559. The summed E-state index contributed by atoms with van der Waals surface area (Å²) < 4.78 is 5.72. The number of thiophene rings is 1. The number of likely N-dealkylation sites (tertiary alicyclic amines) is 1. The molecule has 1 aliphatic rings. The smallest absolute Gasteiger partial charge is 0.410 e. The first kappa shape index (κ1) is 16.8. The van der Waals surface area contributed by atoms with E-state index in [1.54, 1.807) is 32.9 Å². The summed E-state index contributed by atoms with van der Waals surface area (Å²) in [5.74, 6) is -0.594. The van der Waals surface area contributed by atoms with Crippen molar-refractivity contribution >= 4 is 40.7 Å². The second-order valence-corrected chi connectivity index (χ2v) is 7.67. The Morgan fingerprint density at radius 3 is 2.64 bits per heavy atom. The quantitative estimate of drug-likeness (QED) is 0.893. The highest BCUT2D eigenvalue weighted by Crippen LogP contribution is 2.21. The number of ether oxygens (including phenoxy) is 1. The van der Waals surface area contributed by atoms with Gasteiger partial charge in [-0.1, -0.05) is 11.6 Å². The van der Waals surface area contributed by atoms with Crippen molar-refractivity contribution in [2.45, 2.75) is 32.4 Å². The molecular formula is C14H17ClN2O4S. The number of carbonyl (C=O) groups is 3. The Labute approximate surface area is 137 Å². The van der Waals surface area contributed by atoms with E-state index >= 15 is 0 Å². The summed E-state index contributed by atoms with van der Waals surface area (Å²) in [6.45, 7) is 5.30. The van der Waals surface area contributed by atoms with Crippen molar-refractivity contribution in [3.8, 4) is 0 Å². The Morgan fingerprint density at radius 2 is 2.09 bits per heavy atom. The molecular weight excluding hydrogens is 328 g/mol. The second kappa shape index (κ2) is 6.26. The summed E-state index contributed by atoms with van der Waals surface area (Å²) in [5.41, 5.74) is -0.630. The first-order valence-corrected chi connectivity index (χ1v) is 7.92. The van der Waals surface area contributed by atoms with Crippen LogP contribution >= 0.6 is 22.9 Å². The number of hydrogen-bond acceptors (Lipinski definition) is 5. The zero-order valence-electron chi connectivity index (χ0n) is 12.5. The number of nitrogens with zero attached hydrogens (tertiary/aromatic N) is 1. The average Bonchev–Trinajstić information content (AvgIpc) is 2.95.